The van der Waals surface area contributed by atoms with E-state index in [4.69, 9.17) is 30.9 Å². The summed E-state index contributed by atoms with van der Waals surface area (Å²) in [5.41, 5.74) is -0.0802. The number of halogens is 2. The van der Waals surface area contributed by atoms with E-state index >= 15 is 4.39 Å². The number of nitrogens with one attached hydrogen (secondary N) is 2. The van der Waals surface area contributed by atoms with Crippen LogP contribution in [-0.4, -0.2) is 64.6 Å². The van der Waals surface area contributed by atoms with Gasteiger partial charge in [-0.3, -0.25) is 19.4 Å². The first-order valence-corrected chi connectivity index (χ1v) is 14.2. The third-order valence-electron chi connectivity index (χ3n) is 7.14. The van der Waals surface area contributed by atoms with E-state index in [-0.39, 0.29) is 40.9 Å². The van der Waals surface area contributed by atoms with Crippen molar-refractivity contribution in [2.45, 2.75) is 32.1 Å². The van der Waals surface area contributed by atoms with E-state index in [1.807, 2.05) is 0 Å². The van der Waals surface area contributed by atoms with E-state index in [0.717, 1.165) is 6.07 Å². The van der Waals surface area contributed by atoms with Gasteiger partial charge in [0.15, 0.2) is 23.1 Å². The molecule has 4 aromatic rings. The smallest absolute Gasteiger partial charge is 0.316 e. The Morgan fingerprint density at radius 2 is 1.67 bits per heavy atom. The molecule has 0 unspecified atom stereocenters. The van der Waals surface area contributed by atoms with E-state index < -0.39 is 29.0 Å². The first-order chi connectivity index (χ1) is 21.2. The van der Waals surface area contributed by atoms with Crippen molar-refractivity contribution in [2.24, 2.45) is 5.41 Å². The number of pyridine rings is 1. The van der Waals surface area contributed by atoms with Crippen LogP contribution >= 0.6 is 11.6 Å². The van der Waals surface area contributed by atoms with Crippen molar-refractivity contribution in [1.29, 1.82) is 0 Å². The number of hydrogen-bond donors (Lipinski definition) is 3. The molecule has 0 radical (unpaired) electrons. The van der Waals surface area contributed by atoms with Crippen LogP contribution in [0.15, 0.2) is 66.9 Å². The molecular formula is C32H31ClFMgN3O7. The molecule has 0 atom stereocenters. The second-order valence-electron chi connectivity index (χ2n) is 10.3. The first-order valence-electron chi connectivity index (χ1n) is 13.9. The summed E-state index contributed by atoms with van der Waals surface area (Å²) in [6.07, 6.45) is 3.34. The van der Waals surface area contributed by atoms with E-state index in [1.165, 1.54) is 25.4 Å². The summed E-state index contributed by atoms with van der Waals surface area (Å²) in [5, 5.41) is 15.2. The lowest BCUT2D eigenvalue weighted by molar-refractivity contribution is -0.137. The molecule has 232 valence electrons. The van der Waals surface area contributed by atoms with E-state index in [9.17, 15) is 14.4 Å². The lowest BCUT2D eigenvalue weighted by atomic mass is 10.0. The summed E-state index contributed by atoms with van der Waals surface area (Å²) >= 11 is 5.98. The summed E-state index contributed by atoms with van der Waals surface area (Å²) in [4.78, 5) is 41.0. The average Bonchev–Trinajstić information content (AvgIpc) is 3.80. The van der Waals surface area contributed by atoms with Gasteiger partial charge in [-0.05, 0) is 68.1 Å². The third kappa shape index (κ3) is 8.13. The number of aromatic nitrogens is 1. The van der Waals surface area contributed by atoms with Crippen LogP contribution in [0.5, 0.6) is 23.0 Å². The molecule has 3 N–H and O–H groups in total. The first kappa shape index (κ1) is 33.8. The lowest BCUT2D eigenvalue weighted by Crippen LogP contribution is -2.35. The highest BCUT2D eigenvalue weighted by molar-refractivity contribution is 6.31. The quantitative estimate of drug-likeness (QED) is 0.0927. The molecule has 0 spiro atoms. The Morgan fingerprint density at radius 1 is 0.933 bits per heavy atom. The zero-order valence-corrected chi connectivity index (χ0v) is 24.4. The number of carboxylic acid groups (broad SMARTS) is 1. The van der Waals surface area contributed by atoms with Crippen molar-refractivity contribution in [3.63, 3.8) is 0 Å². The molecule has 2 amide bonds. The van der Waals surface area contributed by atoms with Gasteiger partial charge in [-0.15, -0.1) is 0 Å². The number of carboxylic acids is 1. The number of benzene rings is 3. The number of nitrogens with zero attached hydrogens (tertiary/aromatic N) is 1. The third-order valence-corrected chi connectivity index (χ3v) is 7.38. The summed E-state index contributed by atoms with van der Waals surface area (Å²) in [6.45, 7) is 0.299. The summed E-state index contributed by atoms with van der Waals surface area (Å²) < 4.78 is 32.3. The van der Waals surface area contributed by atoms with Gasteiger partial charge in [-0.25, -0.2) is 4.39 Å². The van der Waals surface area contributed by atoms with Crippen LogP contribution in [0.3, 0.4) is 0 Å². The fourth-order valence-electron chi connectivity index (χ4n) is 4.58. The molecule has 10 nitrogen and oxygen atoms in total. The standard InChI is InChI=1S/C32H29ClFN3O7.Mg.2H/c1-42-27-17-22-24(18-28(27)43-14-3-2-7-29(38)39)35-13-10-25(22)44-26-9-8-21(16-23(26)34)37-31(41)32(11-12-32)30(40)36-20-6-4-5-19(33)15-20;;;/h4-6,8-10,13,15-18H,2-3,7,11-12,14H2,1H3,(H,36,40)(H,37,41)(H,38,39);;;. The minimum atomic E-state index is -1.25. The maximum atomic E-state index is 15.2. The predicted octanol–water partition coefficient (Wildman–Crippen LogP) is 5.90. The normalized spacial score (nSPS) is 12.9. The Morgan fingerprint density at radius 3 is 2.31 bits per heavy atom. The van der Waals surface area contributed by atoms with Gasteiger partial charge in [0.05, 0.1) is 19.2 Å². The molecule has 0 saturated heterocycles. The van der Waals surface area contributed by atoms with Crippen LogP contribution in [0, 0.1) is 11.2 Å². The number of anilines is 2. The van der Waals surface area contributed by atoms with E-state index in [0.29, 0.717) is 71.2 Å². The van der Waals surface area contributed by atoms with Gasteiger partial charge < -0.3 is 30.0 Å². The highest BCUT2D eigenvalue weighted by Gasteiger charge is 2.56. The molecule has 1 fully saturated rings. The number of fused-ring (bicyclic) bond motifs is 1. The van der Waals surface area contributed by atoms with Crippen LogP contribution in [0.1, 0.15) is 32.1 Å². The monoisotopic (exact) mass is 647 g/mol. The van der Waals surface area contributed by atoms with Crippen molar-refractivity contribution in [3.05, 3.63) is 77.7 Å². The van der Waals surface area contributed by atoms with Crippen molar-refractivity contribution in [1.82, 2.24) is 4.98 Å². The SMILES string of the molecule is COc1cc2c(Oc3ccc(NC(=O)C4(C(=O)Nc5cccc(Cl)c5)CC4)cc3F)ccnc2cc1OCCCCC(=O)O.[MgH2]. The molecule has 3 aromatic carbocycles. The number of ether oxygens (including phenoxy) is 3. The largest absolute Gasteiger partial charge is 0.493 e. The summed E-state index contributed by atoms with van der Waals surface area (Å²) in [7, 11) is 1.48. The van der Waals surface area contributed by atoms with Crippen molar-refractivity contribution < 1.29 is 38.1 Å². The fraction of sp³-hybridized carbons (Fsp3) is 0.250. The number of carbonyl (C=O) groups excluding carboxylic acids is 2. The summed E-state index contributed by atoms with van der Waals surface area (Å²) in [5.74, 6) is -1.51. The van der Waals surface area contributed by atoms with Crippen molar-refractivity contribution in [3.8, 4) is 23.0 Å². The van der Waals surface area contributed by atoms with Gasteiger partial charge in [0.1, 0.15) is 11.2 Å². The average molecular weight is 648 g/mol. The fourth-order valence-corrected chi connectivity index (χ4v) is 4.77. The Hall–Kier alpha value is -4.13. The molecule has 1 aliphatic carbocycles. The number of carbonyl (C=O) groups is 3. The number of amides is 2. The molecule has 0 bridgehead atoms. The lowest BCUT2D eigenvalue weighted by Gasteiger charge is -2.16. The zero-order chi connectivity index (χ0) is 31.3. The van der Waals surface area contributed by atoms with Crippen molar-refractivity contribution >= 4 is 74.7 Å². The molecule has 1 saturated carbocycles. The van der Waals surface area contributed by atoms with Gasteiger partial charge in [0.2, 0.25) is 11.8 Å². The van der Waals surface area contributed by atoms with Crippen LogP contribution in [-0.2, 0) is 14.4 Å². The molecule has 1 heterocycles. The minimum Gasteiger partial charge on any atom is -0.493 e. The van der Waals surface area contributed by atoms with Gasteiger partial charge in [-0.1, -0.05) is 17.7 Å². The zero-order valence-electron chi connectivity index (χ0n) is 23.7. The van der Waals surface area contributed by atoms with Gasteiger partial charge in [-0.2, -0.15) is 0 Å². The molecule has 0 aliphatic heterocycles. The Labute approximate surface area is 279 Å². The highest BCUT2D eigenvalue weighted by atomic mass is 35.5. The number of unbranched alkanes of at least 4 members (excludes halogenated alkanes) is 1. The maximum Gasteiger partial charge on any atom is 0.316 e. The van der Waals surface area contributed by atoms with Gasteiger partial charge in [0, 0.05) is 46.5 Å². The van der Waals surface area contributed by atoms with Crippen LogP contribution in [0.2, 0.25) is 5.02 Å². The number of rotatable bonds is 13. The Kier molecular flexibility index (Phi) is 11.1. The Bertz CT molecular complexity index is 1730. The molecule has 13 heteroatoms. The molecule has 1 aliphatic rings. The van der Waals surface area contributed by atoms with Gasteiger partial charge in [0.25, 0.3) is 0 Å². The van der Waals surface area contributed by atoms with Gasteiger partial charge >= 0.3 is 29.0 Å². The highest BCUT2D eigenvalue weighted by Crippen LogP contribution is 2.48. The second kappa shape index (κ2) is 14.8. The van der Waals surface area contributed by atoms with E-state index in [2.05, 4.69) is 15.6 Å². The van der Waals surface area contributed by atoms with Crippen LogP contribution < -0.4 is 24.8 Å². The number of methoxy groups -OCH3 is 1. The van der Waals surface area contributed by atoms with Crippen LogP contribution in [0.25, 0.3) is 10.9 Å². The molecule has 1 aromatic heterocycles. The number of hydrogen-bond acceptors (Lipinski definition) is 7. The van der Waals surface area contributed by atoms with Crippen molar-refractivity contribution in [2.75, 3.05) is 24.4 Å². The van der Waals surface area contributed by atoms with E-state index in [1.54, 1.807) is 42.5 Å². The predicted molar refractivity (Wildman–Crippen MR) is 171 cm³/mol. The number of aliphatic carboxylic acids is 1. The second-order valence-corrected chi connectivity index (χ2v) is 10.7. The molecule has 45 heavy (non-hydrogen) atoms. The summed E-state index contributed by atoms with van der Waals surface area (Å²) in [6, 6.07) is 15.5. The maximum absolute atomic E-state index is 15.2. The molecular weight excluding hydrogens is 617 g/mol. The Balaban J connectivity index is 0.00000461. The topological polar surface area (TPSA) is 136 Å². The van der Waals surface area contributed by atoms with Crippen LogP contribution in [0.4, 0.5) is 15.8 Å². The minimum absolute atomic E-state index is 0. The molecule has 5 rings (SSSR count).